The Morgan fingerprint density at radius 1 is 1.12 bits per heavy atom. The number of amides is 1. The van der Waals surface area contributed by atoms with Crippen LogP contribution in [0.5, 0.6) is 0 Å². The fourth-order valence-corrected chi connectivity index (χ4v) is 3.30. The van der Waals surface area contributed by atoms with Gasteiger partial charge in [-0.1, -0.05) is 35.9 Å². The van der Waals surface area contributed by atoms with E-state index in [4.69, 9.17) is 16.9 Å². The van der Waals surface area contributed by atoms with E-state index in [9.17, 15) is 4.79 Å². The van der Waals surface area contributed by atoms with E-state index < -0.39 is 0 Å². The van der Waals surface area contributed by atoms with Gasteiger partial charge in [0.05, 0.1) is 17.7 Å². The Balaban J connectivity index is 1.91. The van der Waals surface area contributed by atoms with Gasteiger partial charge in [-0.2, -0.15) is 5.26 Å². The second kappa shape index (κ2) is 7.31. The molecule has 3 aromatic rings. The first-order valence-corrected chi connectivity index (χ1v) is 8.53. The highest BCUT2D eigenvalue weighted by atomic mass is 35.5. The van der Waals surface area contributed by atoms with E-state index in [1.54, 1.807) is 47.7 Å². The van der Waals surface area contributed by atoms with Crippen LogP contribution >= 0.6 is 22.9 Å². The summed E-state index contributed by atoms with van der Waals surface area (Å²) in [7, 11) is 0. The first kappa shape index (κ1) is 16.3. The molecule has 0 spiro atoms. The number of hydrogen-bond acceptors (Lipinski definition) is 3. The second-order valence-electron chi connectivity index (χ2n) is 5.17. The lowest BCUT2D eigenvalue weighted by Crippen LogP contribution is -2.28. The van der Waals surface area contributed by atoms with Gasteiger partial charge in [0.1, 0.15) is 0 Å². The molecule has 1 N–H and O–H groups in total. The summed E-state index contributed by atoms with van der Waals surface area (Å²) < 4.78 is 0. The van der Waals surface area contributed by atoms with Gasteiger partial charge in [0.15, 0.2) is 0 Å². The van der Waals surface area contributed by atoms with Gasteiger partial charge in [-0.05, 0) is 47.3 Å². The highest BCUT2D eigenvalue weighted by Crippen LogP contribution is 2.27. The SMILES string of the molecule is N#Cc1cccc(C(=O)NC(c2ccc(Cl)cc2)c2cccs2)c1. The highest BCUT2D eigenvalue weighted by Gasteiger charge is 2.19. The summed E-state index contributed by atoms with van der Waals surface area (Å²) in [5, 5.41) is 14.7. The Kier molecular flexibility index (Phi) is 4.95. The van der Waals surface area contributed by atoms with E-state index in [1.165, 1.54) is 0 Å². The number of carbonyl (C=O) groups excluding carboxylic acids is 1. The van der Waals surface area contributed by atoms with Gasteiger partial charge in [-0.25, -0.2) is 0 Å². The lowest BCUT2D eigenvalue weighted by molar-refractivity contribution is 0.0943. The lowest BCUT2D eigenvalue weighted by Gasteiger charge is -2.18. The van der Waals surface area contributed by atoms with E-state index >= 15 is 0 Å². The van der Waals surface area contributed by atoms with Crippen molar-refractivity contribution < 1.29 is 4.79 Å². The molecule has 1 heterocycles. The number of rotatable bonds is 4. The largest absolute Gasteiger partial charge is 0.340 e. The minimum atomic E-state index is -0.263. The summed E-state index contributed by atoms with van der Waals surface area (Å²) in [6.45, 7) is 0. The van der Waals surface area contributed by atoms with Gasteiger partial charge in [0.2, 0.25) is 0 Å². The number of benzene rings is 2. The number of halogens is 1. The monoisotopic (exact) mass is 352 g/mol. The normalized spacial score (nSPS) is 11.5. The molecule has 0 bridgehead atoms. The van der Waals surface area contributed by atoms with Crippen LogP contribution in [0.2, 0.25) is 5.02 Å². The zero-order valence-corrected chi connectivity index (χ0v) is 14.1. The van der Waals surface area contributed by atoms with Crippen molar-refractivity contribution >= 4 is 28.8 Å². The molecule has 0 saturated carbocycles. The average molecular weight is 353 g/mol. The molecule has 0 aliphatic carbocycles. The van der Waals surface area contributed by atoms with Gasteiger partial charge < -0.3 is 5.32 Å². The zero-order valence-electron chi connectivity index (χ0n) is 12.6. The van der Waals surface area contributed by atoms with Crippen LogP contribution in [0.25, 0.3) is 0 Å². The highest BCUT2D eigenvalue weighted by molar-refractivity contribution is 7.10. The van der Waals surface area contributed by atoms with Crippen LogP contribution in [0.3, 0.4) is 0 Å². The zero-order chi connectivity index (χ0) is 16.9. The number of carbonyl (C=O) groups is 1. The van der Waals surface area contributed by atoms with Crippen LogP contribution in [0.1, 0.15) is 32.4 Å². The maximum Gasteiger partial charge on any atom is 0.252 e. The molecule has 1 unspecified atom stereocenters. The Labute approximate surface area is 149 Å². The van der Waals surface area contributed by atoms with Crippen LogP contribution in [-0.2, 0) is 0 Å². The van der Waals surface area contributed by atoms with Crippen molar-refractivity contribution in [3.63, 3.8) is 0 Å². The van der Waals surface area contributed by atoms with Crippen LogP contribution < -0.4 is 5.32 Å². The smallest absolute Gasteiger partial charge is 0.252 e. The Morgan fingerprint density at radius 2 is 1.92 bits per heavy atom. The van der Waals surface area contributed by atoms with Crippen LogP contribution in [0.4, 0.5) is 0 Å². The third-order valence-corrected chi connectivity index (χ3v) is 4.75. The average Bonchev–Trinajstić information content (AvgIpc) is 3.15. The predicted molar refractivity (Wildman–Crippen MR) is 96.2 cm³/mol. The predicted octanol–water partition coefficient (Wildman–Crippen LogP) is 4.79. The molecule has 118 valence electrons. The van der Waals surface area contributed by atoms with Crippen molar-refractivity contribution in [2.45, 2.75) is 6.04 Å². The molecule has 3 rings (SSSR count). The Morgan fingerprint density at radius 3 is 2.58 bits per heavy atom. The van der Waals surface area contributed by atoms with E-state index in [1.807, 2.05) is 35.7 Å². The third kappa shape index (κ3) is 3.65. The molecular formula is C19H13ClN2OS. The molecule has 2 aromatic carbocycles. The molecule has 1 atom stereocenters. The van der Waals surface area contributed by atoms with E-state index in [0.717, 1.165) is 10.4 Å². The van der Waals surface area contributed by atoms with E-state index in [2.05, 4.69) is 5.32 Å². The molecule has 24 heavy (non-hydrogen) atoms. The van der Waals surface area contributed by atoms with Gasteiger partial charge in [-0.15, -0.1) is 11.3 Å². The third-order valence-electron chi connectivity index (χ3n) is 3.56. The first-order valence-electron chi connectivity index (χ1n) is 7.27. The van der Waals surface area contributed by atoms with Crippen molar-refractivity contribution in [2.24, 2.45) is 0 Å². The number of thiophene rings is 1. The summed E-state index contributed by atoms with van der Waals surface area (Å²) in [6, 6.07) is 19.8. The molecule has 0 fully saturated rings. The summed E-state index contributed by atoms with van der Waals surface area (Å²) in [5.74, 6) is -0.222. The molecule has 1 amide bonds. The molecular weight excluding hydrogens is 340 g/mol. The topological polar surface area (TPSA) is 52.9 Å². The number of nitriles is 1. The van der Waals surface area contributed by atoms with Crippen LogP contribution in [0.15, 0.2) is 66.0 Å². The number of nitrogens with one attached hydrogen (secondary N) is 1. The van der Waals surface area contributed by atoms with Gasteiger partial charge in [0, 0.05) is 15.5 Å². The van der Waals surface area contributed by atoms with Crippen molar-refractivity contribution in [3.05, 3.63) is 92.6 Å². The van der Waals surface area contributed by atoms with Crippen molar-refractivity contribution in [1.29, 1.82) is 5.26 Å². The standard InChI is InChI=1S/C19H13ClN2OS/c20-16-8-6-14(7-9-16)18(17-5-2-10-24-17)22-19(23)15-4-1-3-13(11-15)12-21/h1-11,18H,(H,22,23). The Hall–Kier alpha value is -2.61. The molecule has 0 aliphatic heterocycles. The molecule has 0 radical (unpaired) electrons. The molecule has 5 heteroatoms. The maximum absolute atomic E-state index is 12.6. The molecule has 1 aromatic heterocycles. The summed E-state index contributed by atoms with van der Waals surface area (Å²) in [6.07, 6.45) is 0. The first-order chi connectivity index (χ1) is 11.7. The van der Waals surface area contributed by atoms with Crippen molar-refractivity contribution in [3.8, 4) is 6.07 Å². The van der Waals surface area contributed by atoms with Crippen LogP contribution in [-0.4, -0.2) is 5.91 Å². The molecule has 0 saturated heterocycles. The fraction of sp³-hybridized carbons (Fsp3) is 0.0526. The summed E-state index contributed by atoms with van der Waals surface area (Å²) in [4.78, 5) is 13.6. The second-order valence-corrected chi connectivity index (χ2v) is 6.58. The van der Waals surface area contributed by atoms with Crippen molar-refractivity contribution in [1.82, 2.24) is 5.32 Å². The fourth-order valence-electron chi connectivity index (χ4n) is 2.37. The van der Waals surface area contributed by atoms with Gasteiger partial charge in [0.25, 0.3) is 5.91 Å². The lowest BCUT2D eigenvalue weighted by atomic mass is 10.0. The van der Waals surface area contributed by atoms with E-state index in [-0.39, 0.29) is 11.9 Å². The van der Waals surface area contributed by atoms with Gasteiger partial charge >= 0.3 is 0 Å². The van der Waals surface area contributed by atoms with Crippen LogP contribution in [0, 0.1) is 11.3 Å². The summed E-state index contributed by atoms with van der Waals surface area (Å²) >= 11 is 7.54. The molecule has 3 nitrogen and oxygen atoms in total. The quantitative estimate of drug-likeness (QED) is 0.733. The number of nitrogens with zero attached hydrogens (tertiary/aromatic N) is 1. The molecule has 0 aliphatic rings. The van der Waals surface area contributed by atoms with Gasteiger partial charge in [-0.3, -0.25) is 4.79 Å². The summed E-state index contributed by atoms with van der Waals surface area (Å²) in [5.41, 5.74) is 1.87. The van der Waals surface area contributed by atoms with Crippen molar-refractivity contribution in [2.75, 3.05) is 0 Å². The van der Waals surface area contributed by atoms with E-state index in [0.29, 0.717) is 16.1 Å². The maximum atomic E-state index is 12.6. The minimum Gasteiger partial charge on any atom is -0.340 e. The number of hydrogen-bond donors (Lipinski definition) is 1. The minimum absolute atomic E-state index is 0.222. The Bertz CT molecular complexity index is 882.